The van der Waals surface area contributed by atoms with Gasteiger partial charge in [-0.3, -0.25) is 4.79 Å². The van der Waals surface area contributed by atoms with Crippen LogP contribution in [0.3, 0.4) is 0 Å². The second-order valence-electron chi connectivity index (χ2n) is 6.02. The van der Waals surface area contributed by atoms with Gasteiger partial charge in [0.05, 0.1) is 10.7 Å². The SMILES string of the molecule is Cc1cc(Cl)ccc1NC(=O)COc1cc(C(F)(F)F)nn1-c1ccccc1Cl. The summed E-state index contributed by atoms with van der Waals surface area (Å²) in [5.41, 5.74) is 0.264. The van der Waals surface area contributed by atoms with Crippen LogP contribution in [0.1, 0.15) is 11.3 Å². The minimum absolute atomic E-state index is 0.176. The summed E-state index contributed by atoms with van der Waals surface area (Å²) in [6.45, 7) is 1.22. The molecule has 0 aliphatic rings. The third-order valence-corrected chi connectivity index (χ3v) is 4.42. The molecule has 2 aromatic carbocycles. The molecule has 10 heteroatoms. The summed E-state index contributed by atoms with van der Waals surface area (Å²) in [7, 11) is 0. The van der Waals surface area contributed by atoms with Gasteiger partial charge in [0.15, 0.2) is 12.3 Å². The van der Waals surface area contributed by atoms with E-state index in [2.05, 4.69) is 10.4 Å². The van der Waals surface area contributed by atoms with Crippen LogP contribution in [0.4, 0.5) is 18.9 Å². The van der Waals surface area contributed by atoms with E-state index in [1.807, 2.05) is 0 Å². The van der Waals surface area contributed by atoms with Crippen LogP contribution in [0.2, 0.25) is 10.0 Å². The Morgan fingerprint density at radius 3 is 2.55 bits per heavy atom. The number of para-hydroxylation sites is 1. The van der Waals surface area contributed by atoms with Crippen molar-refractivity contribution in [2.75, 3.05) is 11.9 Å². The molecule has 0 spiro atoms. The predicted octanol–water partition coefficient (Wildman–Crippen LogP) is 5.52. The summed E-state index contributed by atoms with van der Waals surface area (Å²) in [5, 5.41) is 6.84. The van der Waals surface area contributed by atoms with E-state index in [-0.39, 0.29) is 16.6 Å². The van der Waals surface area contributed by atoms with Crippen LogP contribution in [-0.2, 0) is 11.0 Å². The summed E-state index contributed by atoms with van der Waals surface area (Å²) in [6, 6.07) is 11.8. The molecule has 5 nitrogen and oxygen atoms in total. The molecule has 0 fully saturated rings. The van der Waals surface area contributed by atoms with Crippen LogP contribution in [0.25, 0.3) is 5.69 Å². The van der Waals surface area contributed by atoms with Gasteiger partial charge >= 0.3 is 6.18 Å². The van der Waals surface area contributed by atoms with Gasteiger partial charge in [0, 0.05) is 16.8 Å². The smallest absolute Gasteiger partial charge is 0.435 e. The Morgan fingerprint density at radius 2 is 1.90 bits per heavy atom. The number of ether oxygens (including phenoxy) is 1. The number of anilines is 1. The molecule has 0 saturated heterocycles. The molecule has 1 aromatic heterocycles. The highest BCUT2D eigenvalue weighted by atomic mass is 35.5. The van der Waals surface area contributed by atoms with Gasteiger partial charge in [0.25, 0.3) is 5.91 Å². The number of carbonyl (C=O) groups is 1. The number of aromatic nitrogens is 2. The summed E-state index contributed by atoms with van der Waals surface area (Å²) in [4.78, 5) is 12.2. The first-order valence-corrected chi connectivity index (χ1v) is 9.01. The third kappa shape index (κ3) is 5.02. The number of nitrogens with one attached hydrogen (secondary N) is 1. The molecule has 0 atom stereocenters. The van der Waals surface area contributed by atoms with E-state index >= 15 is 0 Å². The molecule has 1 amide bonds. The van der Waals surface area contributed by atoms with E-state index in [0.717, 1.165) is 10.2 Å². The third-order valence-electron chi connectivity index (χ3n) is 3.86. The first kappa shape index (κ1) is 21.0. The number of carbonyl (C=O) groups excluding carboxylic acids is 1. The lowest BCUT2D eigenvalue weighted by molar-refractivity contribution is -0.141. The van der Waals surface area contributed by atoms with Crippen molar-refractivity contribution in [3.05, 3.63) is 69.8 Å². The number of aryl methyl sites for hydroxylation is 1. The van der Waals surface area contributed by atoms with Crippen LogP contribution < -0.4 is 10.1 Å². The average molecular weight is 444 g/mol. The number of amides is 1. The van der Waals surface area contributed by atoms with Gasteiger partial charge in [-0.05, 0) is 42.8 Å². The maximum atomic E-state index is 13.1. The molecule has 3 aromatic rings. The zero-order valence-electron chi connectivity index (χ0n) is 14.9. The quantitative estimate of drug-likeness (QED) is 0.564. The zero-order chi connectivity index (χ0) is 21.2. The van der Waals surface area contributed by atoms with E-state index in [1.165, 1.54) is 12.1 Å². The molecule has 1 N–H and O–H groups in total. The summed E-state index contributed by atoms with van der Waals surface area (Å²) in [6.07, 6.45) is -4.69. The lowest BCUT2D eigenvalue weighted by Gasteiger charge is -2.11. The van der Waals surface area contributed by atoms with Gasteiger partial charge in [-0.1, -0.05) is 35.3 Å². The van der Waals surface area contributed by atoms with E-state index in [1.54, 1.807) is 37.3 Å². The Kier molecular flexibility index (Phi) is 6.04. The number of alkyl halides is 3. The van der Waals surface area contributed by atoms with Gasteiger partial charge in [-0.2, -0.15) is 23.0 Å². The lowest BCUT2D eigenvalue weighted by atomic mass is 10.2. The Morgan fingerprint density at radius 1 is 1.17 bits per heavy atom. The molecule has 1 heterocycles. The number of hydrogen-bond acceptors (Lipinski definition) is 3. The van der Waals surface area contributed by atoms with Crippen molar-refractivity contribution in [2.24, 2.45) is 0 Å². The van der Waals surface area contributed by atoms with Crippen LogP contribution in [0.15, 0.2) is 48.5 Å². The Labute approximate surface area is 174 Å². The molecule has 29 heavy (non-hydrogen) atoms. The first-order chi connectivity index (χ1) is 13.6. The zero-order valence-corrected chi connectivity index (χ0v) is 16.4. The van der Waals surface area contributed by atoms with Crippen molar-refractivity contribution in [2.45, 2.75) is 13.1 Å². The molecule has 0 saturated carbocycles. The number of rotatable bonds is 5. The van der Waals surface area contributed by atoms with Crippen LogP contribution >= 0.6 is 23.2 Å². The molecular formula is C19H14Cl2F3N3O2. The fourth-order valence-corrected chi connectivity index (χ4v) is 2.94. The lowest BCUT2D eigenvalue weighted by Crippen LogP contribution is -2.21. The summed E-state index contributed by atoms with van der Waals surface area (Å²) in [5.74, 6) is -0.829. The maximum Gasteiger partial charge on any atom is 0.435 e. The van der Waals surface area contributed by atoms with E-state index in [0.29, 0.717) is 16.8 Å². The van der Waals surface area contributed by atoms with Crippen LogP contribution in [0, 0.1) is 6.92 Å². The highest BCUT2D eigenvalue weighted by Crippen LogP contribution is 2.33. The van der Waals surface area contributed by atoms with Crippen molar-refractivity contribution in [1.82, 2.24) is 9.78 Å². The molecule has 0 unspecified atom stereocenters. The normalized spacial score (nSPS) is 11.4. The molecule has 3 rings (SSSR count). The van der Waals surface area contributed by atoms with Gasteiger partial charge in [-0.25, -0.2) is 0 Å². The fourth-order valence-electron chi connectivity index (χ4n) is 2.49. The Hall–Kier alpha value is -2.71. The highest BCUT2D eigenvalue weighted by molar-refractivity contribution is 6.32. The monoisotopic (exact) mass is 443 g/mol. The molecular weight excluding hydrogens is 430 g/mol. The topological polar surface area (TPSA) is 56.1 Å². The number of nitrogens with zero attached hydrogens (tertiary/aromatic N) is 2. The van der Waals surface area contributed by atoms with Gasteiger partial charge in [0.1, 0.15) is 0 Å². The van der Waals surface area contributed by atoms with Crippen molar-refractivity contribution in [3.63, 3.8) is 0 Å². The van der Waals surface area contributed by atoms with Crippen LogP contribution in [-0.4, -0.2) is 22.3 Å². The molecule has 0 radical (unpaired) electrons. The van der Waals surface area contributed by atoms with Gasteiger partial charge in [-0.15, -0.1) is 0 Å². The first-order valence-electron chi connectivity index (χ1n) is 8.26. The number of halogens is 5. The number of benzene rings is 2. The molecule has 0 aliphatic heterocycles. The standard InChI is InChI=1S/C19H14Cl2F3N3O2/c1-11-8-12(20)6-7-14(11)25-17(28)10-29-18-9-16(19(22,23)24)26-27(18)15-5-3-2-4-13(15)21/h2-9H,10H2,1H3,(H,25,28). The Bertz CT molecular complexity index is 1050. The average Bonchev–Trinajstić information content (AvgIpc) is 3.07. The summed E-state index contributed by atoms with van der Waals surface area (Å²) < 4.78 is 45.6. The van der Waals surface area contributed by atoms with Crippen molar-refractivity contribution < 1.29 is 22.7 Å². The van der Waals surface area contributed by atoms with E-state index < -0.39 is 24.4 Å². The van der Waals surface area contributed by atoms with Crippen molar-refractivity contribution in [3.8, 4) is 11.6 Å². The second kappa shape index (κ2) is 8.34. The van der Waals surface area contributed by atoms with E-state index in [4.69, 9.17) is 27.9 Å². The molecule has 0 aliphatic carbocycles. The minimum atomic E-state index is -4.69. The number of hydrogen-bond donors (Lipinski definition) is 1. The second-order valence-corrected chi connectivity index (χ2v) is 6.87. The van der Waals surface area contributed by atoms with Crippen LogP contribution in [0.5, 0.6) is 5.88 Å². The predicted molar refractivity (Wildman–Crippen MR) is 104 cm³/mol. The van der Waals surface area contributed by atoms with Crippen molar-refractivity contribution in [1.29, 1.82) is 0 Å². The largest absolute Gasteiger partial charge is 0.467 e. The van der Waals surface area contributed by atoms with E-state index in [9.17, 15) is 18.0 Å². The highest BCUT2D eigenvalue weighted by Gasteiger charge is 2.36. The summed E-state index contributed by atoms with van der Waals surface area (Å²) >= 11 is 11.9. The molecule has 0 bridgehead atoms. The van der Waals surface area contributed by atoms with Gasteiger partial charge in [0.2, 0.25) is 5.88 Å². The van der Waals surface area contributed by atoms with Gasteiger partial charge < -0.3 is 10.1 Å². The maximum absolute atomic E-state index is 13.1. The fraction of sp³-hybridized carbons (Fsp3) is 0.158. The molecule has 152 valence electrons. The Balaban J connectivity index is 1.82. The van der Waals surface area contributed by atoms with Crippen molar-refractivity contribution >= 4 is 34.8 Å². The minimum Gasteiger partial charge on any atom is -0.467 e.